The quantitative estimate of drug-likeness (QED) is 0.798. The molecule has 0 atom stereocenters. The van der Waals surface area contributed by atoms with E-state index in [4.69, 9.17) is 0 Å². The summed E-state index contributed by atoms with van der Waals surface area (Å²) in [7, 11) is -2.83. The van der Waals surface area contributed by atoms with Crippen molar-refractivity contribution in [2.45, 2.75) is 54.4 Å². The second-order valence-corrected chi connectivity index (χ2v) is 6.42. The van der Waals surface area contributed by atoms with Crippen LogP contribution in [-0.4, -0.2) is 25.7 Å². The number of hydrogen-bond acceptors (Lipinski definition) is 4. The second kappa shape index (κ2) is 12.6. The van der Waals surface area contributed by atoms with Crippen LogP contribution in [0.4, 0.5) is 0 Å². The van der Waals surface area contributed by atoms with Gasteiger partial charge in [0.1, 0.15) is 0 Å². The minimum atomic E-state index is -2.83. The predicted octanol–water partition coefficient (Wildman–Crippen LogP) is 3.51. The zero-order valence-electron chi connectivity index (χ0n) is 13.0. The maximum Gasteiger partial charge on any atom is 0.211 e. The molecule has 1 aromatic rings. The van der Waals surface area contributed by atoms with Gasteiger partial charge in [-0.3, -0.25) is 0 Å². The van der Waals surface area contributed by atoms with Crippen molar-refractivity contribution in [1.82, 2.24) is 9.71 Å². The highest BCUT2D eigenvalue weighted by molar-refractivity contribution is 7.89. The van der Waals surface area contributed by atoms with E-state index in [0.717, 1.165) is 23.5 Å². The van der Waals surface area contributed by atoms with Crippen molar-refractivity contribution in [2.24, 2.45) is 0 Å². The molecule has 114 valence electrons. The van der Waals surface area contributed by atoms with Crippen molar-refractivity contribution in [3.63, 3.8) is 0 Å². The van der Waals surface area contributed by atoms with E-state index in [1.165, 1.54) is 0 Å². The SMILES string of the molecule is CC.CC.Cc1csc(C)n1.O=S1(=O)CCCCN1. The molecule has 0 aliphatic carbocycles. The molecule has 0 saturated carbocycles. The molecule has 0 amide bonds. The van der Waals surface area contributed by atoms with E-state index in [1.54, 1.807) is 11.3 Å². The van der Waals surface area contributed by atoms with Crippen LogP contribution < -0.4 is 4.72 Å². The number of hydrogen-bond donors (Lipinski definition) is 1. The van der Waals surface area contributed by atoms with Gasteiger partial charge in [0.25, 0.3) is 0 Å². The van der Waals surface area contributed by atoms with E-state index in [0.29, 0.717) is 12.3 Å². The molecule has 6 heteroatoms. The summed E-state index contributed by atoms with van der Waals surface area (Å²) in [5.74, 6) is 0.312. The summed E-state index contributed by atoms with van der Waals surface area (Å²) >= 11 is 1.69. The highest BCUT2D eigenvalue weighted by Crippen LogP contribution is 2.04. The van der Waals surface area contributed by atoms with Gasteiger partial charge in [-0.25, -0.2) is 18.1 Å². The van der Waals surface area contributed by atoms with Gasteiger partial charge in [-0.2, -0.15) is 0 Å². The molecule has 0 bridgehead atoms. The first-order valence-electron chi connectivity index (χ1n) is 6.86. The minimum Gasteiger partial charge on any atom is -0.247 e. The first-order valence-corrected chi connectivity index (χ1v) is 9.39. The van der Waals surface area contributed by atoms with Crippen molar-refractivity contribution >= 4 is 21.4 Å². The maximum absolute atomic E-state index is 10.5. The number of thiazole rings is 1. The smallest absolute Gasteiger partial charge is 0.211 e. The normalized spacial score (nSPS) is 15.7. The summed E-state index contributed by atoms with van der Waals surface area (Å²) in [5.41, 5.74) is 1.13. The molecule has 4 nitrogen and oxygen atoms in total. The van der Waals surface area contributed by atoms with E-state index in [2.05, 4.69) is 15.1 Å². The van der Waals surface area contributed by atoms with Crippen LogP contribution >= 0.6 is 11.3 Å². The molecule has 0 radical (unpaired) electrons. The van der Waals surface area contributed by atoms with Crippen LogP contribution in [0.15, 0.2) is 5.38 Å². The van der Waals surface area contributed by atoms with E-state index in [1.807, 2.05) is 41.5 Å². The Labute approximate surface area is 122 Å². The molecule has 0 aromatic carbocycles. The Morgan fingerprint density at radius 1 is 1.16 bits per heavy atom. The molecule has 1 aliphatic heterocycles. The Morgan fingerprint density at radius 3 is 1.89 bits per heavy atom. The van der Waals surface area contributed by atoms with Gasteiger partial charge in [-0.15, -0.1) is 11.3 Å². The van der Waals surface area contributed by atoms with Gasteiger partial charge in [-0.05, 0) is 26.7 Å². The summed E-state index contributed by atoms with van der Waals surface area (Å²) in [6.45, 7) is 12.6. The number of nitrogens with zero attached hydrogens (tertiary/aromatic N) is 1. The van der Waals surface area contributed by atoms with E-state index < -0.39 is 10.0 Å². The minimum absolute atomic E-state index is 0.312. The monoisotopic (exact) mass is 308 g/mol. The van der Waals surface area contributed by atoms with Crippen LogP contribution in [0.25, 0.3) is 0 Å². The van der Waals surface area contributed by atoms with Crippen LogP contribution in [0.2, 0.25) is 0 Å². The van der Waals surface area contributed by atoms with Crippen LogP contribution in [0.3, 0.4) is 0 Å². The molecule has 1 aliphatic rings. The summed E-state index contributed by atoms with van der Waals surface area (Å²) in [6.07, 6.45) is 1.80. The van der Waals surface area contributed by atoms with Crippen LogP contribution in [-0.2, 0) is 10.0 Å². The summed E-state index contributed by atoms with van der Waals surface area (Å²) in [4.78, 5) is 4.13. The molecule has 1 N–H and O–H groups in total. The largest absolute Gasteiger partial charge is 0.247 e. The summed E-state index contributed by atoms with van der Waals surface area (Å²) < 4.78 is 23.5. The Kier molecular flexibility index (Phi) is 13.8. The van der Waals surface area contributed by atoms with Crippen LogP contribution in [0.1, 0.15) is 51.2 Å². The van der Waals surface area contributed by atoms with Crippen LogP contribution in [0.5, 0.6) is 0 Å². The zero-order valence-corrected chi connectivity index (χ0v) is 14.6. The average molecular weight is 309 g/mol. The lowest BCUT2D eigenvalue weighted by atomic mass is 10.3. The van der Waals surface area contributed by atoms with Gasteiger partial charge >= 0.3 is 0 Å². The maximum atomic E-state index is 10.5. The molecule has 19 heavy (non-hydrogen) atoms. The third-order valence-corrected chi connectivity index (χ3v) is 4.26. The highest BCUT2D eigenvalue weighted by atomic mass is 32.2. The molecule has 0 unspecified atom stereocenters. The number of rotatable bonds is 0. The van der Waals surface area contributed by atoms with Gasteiger partial charge in [0.2, 0.25) is 10.0 Å². The predicted molar refractivity (Wildman–Crippen MR) is 85.3 cm³/mol. The van der Waals surface area contributed by atoms with E-state index in [9.17, 15) is 8.42 Å². The summed E-state index contributed by atoms with van der Waals surface area (Å²) in [5, 5.41) is 3.20. The van der Waals surface area contributed by atoms with Crippen molar-refractivity contribution in [3.8, 4) is 0 Å². The molecular formula is C13H28N2O2S2. The lowest BCUT2D eigenvalue weighted by Gasteiger charge is -2.10. The standard InChI is InChI=1S/C5H7NS.C4H9NO2S.2C2H6/c1-4-3-7-5(2)6-4;6-8(7)4-2-1-3-5-8;2*1-2/h3H,1-2H3;5H,1-4H2;2*1-2H3. The third kappa shape index (κ3) is 12.3. The Bertz CT molecular complexity index is 372. The van der Waals surface area contributed by atoms with Gasteiger partial charge in [-0.1, -0.05) is 27.7 Å². The Morgan fingerprint density at radius 2 is 1.74 bits per heavy atom. The zero-order chi connectivity index (χ0) is 15.3. The van der Waals surface area contributed by atoms with Crippen molar-refractivity contribution in [3.05, 3.63) is 16.1 Å². The van der Waals surface area contributed by atoms with Crippen molar-refractivity contribution in [1.29, 1.82) is 0 Å². The number of aryl methyl sites for hydroxylation is 2. The highest BCUT2D eigenvalue weighted by Gasteiger charge is 2.12. The molecule has 1 aromatic heterocycles. The van der Waals surface area contributed by atoms with Crippen molar-refractivity contribution in [2.75, 3.05) is 12.3 Å². The Balaban J connectivity index is 0. The number of aromatic nitrogens is 1. The van der Waals surface area contributed by atoms with E-state index in [-0.39, 0.29) is 0 Å². The summed E-state index contributed by atoms with van der Waals surface area (Å²) in [6, 6.07) is 0. The molecule has 2 heterocycles. The first-order chi connectivity index (χ1) is 8.99. The van der Waals surface area contributed by atoms with Crippen LogP contribution in [0, 0.1) is 13.8 Å². The molecule has 2 rings (SSSR count). The average Bonchev–Trinajstić information content (AvgIpc) is 2.78. The fourth-order valence-corrected chi connectivity index (χ4v) is 2.96. The fraction of sp³-hybridized carbons (Fsp3) is 0.769. The number of sulfonamides is 1. The van der Waals surface area contributed by atoms with Gasteiger partial charge in [0.15, 0.2) is 0 Å². The van der Waals surface area contributed by atoms with Gasteiger partial charge in [0, 0.05) is 17.6 Å². The fourth-order valence-electron chi connectivity index (χ4n) is 1.19. The van der Waals surface area contributed by atoms with E-state index >= 15 is 0 Å². The third-order valence-electron chi connectivity index (χ3n) is 1.90. The first kappa shape index (κ1) is 20.8. The Hall–Kier alpha value is -0.460. The number of nitrogens with one attached hydrogen (secondary N) is 1. The molecule has 0 spiro atoms. The lowest BCUT2D eigenvalue weighted by molar-refractivity contribution is 0.561. The topological polar surface area (TPSA) is 59.1 Å². The molecular weight excluding hydrogens is 280 g/mol. The second-order valence-electron chi connectivity index (χ2n) is 3.43. The van der Waals surface area contributed by atoms with Crippen molar-refractivity contribution < 1.29 is 8.42 Å². The lowest BCUT2D eigenvalue weighted by Crippen LogP contribution is -2.31. The molecule has 1 fully saturated rings. The van der Waals surface area contributed by atoms with Gasteiger partial charge in [0.05, 0.1) is 10.8 Å². The van der Waals surface area contributed by atoms with Gasteiger partial charge < -0.3 is 0 Å². The molecule has 1 saturated heterocycles.